The molecule has 0 atom stereocenters. The molecule has 0 aromatic carbocycles. The van der Waals surface area contributed by atoms with E-state index in [0.29, 0.717) is 12.3 Å². The molecule has 0 bridgehead atoms. The van der Waals surface area contributed by atoms with E-state index in [1.165, 1.54) is 0 Å². The molecule has 14 heavy (non-hydrogen) atoms. The van der Waals surface area contributed by atoms with Gasteiger partial charge in [-0.15, -0.1) is 0 Å². The van der Waals surface area contributed by atoms with Crippen LogP contribution in [0, 0.1) is 5.92 Å². The van der Waals surface area contributed by atoms with Gasteiger partial charge < -0.3 is 9.80 Å². The average molecular weight is 200 g/mol. The molecule has 0 aromatic rings. The maximum atomic E-state index is 11.7. The van der Waals surface area contributed by atoms with Crippen LogP contribution in [0.4, 0.5) is 0 Å². The third kappa shape index (κ3) is 5.97. The molecule has 0 aromatic heterocycles. The molecule has 0 spiro atoms. The molecule has 0 aliphatic heterocycles. The van der Waals surface area contributed by atoms with Gasteiger partial charge in [-0.05, 0) is 26.9 Å². The van der Waals surface area contributed by atoms with Gasteiger partial charge in [-0.2, -0.15) is 0 Å². The monoisotopic (exact) mass is 200 g/mol. The first-order valence-electron chi connectivity index (χ1n) is 5.39. The summed E-state index contributed by atoms with van der Waals surface area (Å²) in [6, 6.07) is 0. The first-order chi connectivity index (χ1) is 6.47. The summed E-state index contributed by atoms with van der Waals surface area (Å²) in [7, 11) is 4.06. The second kappa shape index (κ2) is 6.82. The number of likely N-dealkylation sites (N-methyl/N-ethyl adjacent to an activating group) is 2. The zero-order chi connectivity index (χ0) is 11.1. The summed E-state index contributed by atoms with van der Waals surface area (Å²) in [5, 5.41) is 0. The zero-order valence-corrected chi connectivity index (χ0v) is 10.2. The number of rotatable bonds is 6. The van der Waals surface area contributed by atoms with E-state index in [4.69, 9.17) is 0 Å². The van der Waals surface area contributed by atoms with Crippen molar-refractivity contribution in [2.24, 2.45) is 5.92 Å². The van der Waals surface area contributed by atoms with E-state index in [2.05, 4.69) is 18.7 Å². The van der Waals surface area contributed by atoms with E-state index >= 15 is 0 Å². The third-order valence-corrected chi connectivity index (χ3v) is 2.13. The van der Waals surface area contributed by atoms with Crippen molar-refractivity contribution in [3.8, 4) is 0 Å². The highest BCUT2D eigenvalue weighted by atomic mass is 16.2. The molecule has 0 aliphatic carbocycles. The molecular formula is C11H24N2O. The van der Waals surface area contributed by atoms with Gasteiger partial charge in [0.15, 0.2) is 0 Å². The van der Waals surface area contributed by atoms with E-state index < -0.39 is 0 Å². The van der Waals surface area contributed by atoms with Gasteiger partial charge in [0.2, 0.25) is 5.91 Å². The third-order valence-electron chi connectivity index (χ3n) is 2.13. The van der Waals surface area contributed by atoms with Crippen LogP contribution in [0.3, 0.4) is 0 Å². The normalized spacial score (nSPS) is 11.1. The van der Waals surface area contributed by atoms with Crippen LogP contribution < -0.4 is 0 Å². The SMILES string of the molecule is CCN(CCN(C)C)C(=O)CC(C)C. The van der Waals surface area contributed by atoms with Crippen molar-refractivity contribution in [1.29, 1.82) is 0 Å². The topological polar surface area (TPSA) is 23.6 Å². The van der Waals surface area contributed by atoms with Gasteiger partial charge in [0.05, 0.1) is 0 Å². The van der Waals surface area contributed by atoms with Crippen LogP contribution >= 0.6 is 0 Å². The van der Waals surface area contributed by atoms with Crippen LogP contribution in [0.15, 0.2) is 0 Å². The molecule has 0 unspecified atom stereocenters. The molecule has 1 amide bonds. The molecular weight excluding hydrogens is 176 g/mol. The average Bonchev–Trinajstić information content (AvgIpc) is 2.03. The highest BCUT2D eigenvalue weighted by molar-refractivity contribution is 5.76. The predicted octanol–water partition coefficient (Wildman–Crippen LogP) is 1.44. The maximum absolute atomic E-state index is 11.7. The van der Waals surface area contributed by atoms with Gasteiger partial charge in [0.1, 0.15) is 0 Å². The quantitative estimate of drug-likeness (QED) is 0.648. The molecule has 0 aliphatic rings. The van der Waals surface area contributed by atoms with Gasteiger partial charge in [0, 0.05) is 26.1 Å². The smallest absolute Gasteiger partial charge is 0.222 e. The maximum Gasteiger partial charge on any atom is 0.222 e. The van der Waals surface area contributed by atoms with Gasteiger partial charge in [-0.3, -0.25) is 4.79 Å². The Balaban J connectivity index is 3.93. The minimum Gasteiger partial charge on any atom is -0.342 e. The van der Waals surface area contributed by atoms with Crippen molar-refractivity contribution in [2.75, 3.05) is 33.7 Å². The standard InChI is InChI=1S/C11H24N2O/c1-6-13(8-7-12(4)5)11(14)9-10(2)3/h10H,6-9H2,1-5H3. The number of amides is 1. The fraction of sp³-hybridized carbons (Fsp3) is 0.909. The van der Waals surface area contributed by atoms with Crippen LogP contribution in [-0.4, -0.2) is 49.4 Å². The van der Waals surface area contributed by atoms with Gasteiger partial charge in [0.25, 0.3) is 0 Å². The van der Waals surface area contributed by atoms with E-state index in [9.17, 15) is 4.79 Å². The summed E-state index contributed by atoms with van der Waals surface area (Å²) in [6.07, 6.45) is 0.668. The van der Waals surface area contributed by atoms with E-state index in [1.807, 2.05) is 25.9 Å². The van der Waals surface area contributed by atoms with Crippen LogP contribution in [0.2, 0.25) is 0 Å². The summed E-state index contributed by atoms with van der Waals surface area (Å²) in [5.74, 6) is 0.736. The summed E-state index contributed by atoms with van der Waals surface area (Å²) < 4.78 is 0. The lowest BCUT2D eigenvalue weighted by atomic mass is 10.1. The van der Waals surface area contributed by atoms with Crippen LogP contribution in [-0.2, 0) is 4.79 Å². The molecule has 3 nitrogen and oxygen atoms in total. The van der Waals surface area contributed by atoms with Crippen LogP contribution in [0.1, 0.15) is 27.2 Å². The fourth-order valence-corrected chi connectivity index (χ4v) is 1.26. The first kappa shape index (κ1) is 13.4. The molecule has 0 radical (unpaired) electrons. The second-order valence-electron chi connectivity index (χ2n) is 4.37. The Morgan fingerprint density at radius 2 is 1.79 bits per heavy atom. The zero-order valence-electron chi connectivity index (χ0n) is 10.2. The number of nitrogens with zero attached hydrogens (tertiary/aromatic N) is 2. The number of carbonyl (C=O) groups is 1. The summed E-state index contributed by atoms with van der Waals surface area (Å²) >= 11 is 0. The Hall–Kier alpha value is -0.570. The lowest BCUT2D eigenvalue weighted by Gasteiger charge is -2.23. The van der Waals surface area contributed by atoms with Gasteiger partial charge in [-0.1, -0.05) is 13.8 Å². The predicted molar refractivity (Wildman–Crippen MR) is 60.3 cm³/mol. The molecule has 0 heterocycles. The summed E-state index contributed by atoms with van der Waals surface area (Å²) in [5.41, 5.74) is 0. The van der Waals surface area contributed by atoms with Crippen LogP contribution in [0.25, 0.3) is 0 Å². The van der Waals surface area contributed by atoms with Crippen molar-refractivity contribution in [3.05, 3.63) is 0 Å². The number of hydrogen-bond acceptors (Lipinski definition) is 2. The Kier molecular flexibility index (Phi) is 6.54. The number of hydrogen-bond donors (Lipinski definition) is 0. The lowest BCUT2D eigenvalue weighted by Crippen LogP contribution is -2.36. The molecule has 0 saturated carbocycles. The highest BCUT2D eigenvalue weighted by Crippen LogP contribution is 2.03. The second-order valence-corrected chi connectivity index (χ2v) is 4.37. The Morgan fingerprint density at radius 1 is 1.21 bits per heavy atom. The summed E-state index contributed by atoms with van der Waals surface area (Å²) in [4.78, 5) is 15.7. The van der Waals surface area contributed by atoms with E-state index in [-0.39, 0.29) is 5.91 Å². The van der Waals surface area contributed by atoms with Crippen molar-refractivity contribution in [2.45, 2.75) is 27.2 Å². The van der Waals surface area contributed by atoms with Crippen molar-refractivity contribution in [1.82, 2.24) is 9.80 Å². The Bertz CT molecular complexity index is 167. The fourth-order valence-electron chi connectivity index (χ4n) is 1.26. The molecule has 0 saturated heterocycles. The Morgan fingerprint density at radius 3 is 2.14 bits per heavy atom. The van der Waals surface area contributed by atoms with E-state index in [0.717, 1.165) is 19.6 Å². The summed E-state index contributed by atoms with van der Waals surface area (Å²) in [6.45, 7) is 8.80. The van der Waals surface area contributed by atoms with Crippen molar-refractivity contribution < 1.29 is 4.79 Å². The Labute approximate surface area is 88.1 Å². The first-order valence-corrected chi connectivity index (χ1v) is 5.39. The largest absolute Gasteiger partial charge is 0.342 e. The number of carbonyl (C=O) groups excluding carboxylic acids is 1. The molecule has 84 valence electrons. The van der Waals surface area contributed by atoms with Gasteiger partial charge in [-0.25, -0.2) is 0 Å². The van der Waals surface area contributed by atoms with E-state index in [1.54, 1.807) is 0 Å². The van der Waals surface area contributed by atoms with Crippen molar-refractivity contribution >= 4 is 5.91 Å². The molecule has 3 heteroatoms. The molecule has 0 rings (SSSR count). The molecule has 0 fully saturated rings. The van der Waals surface area contributed by atoms with Crippen molar-refractivity contribution in [3.63, 3.8) is 0 Å². The minimum atomic E-state index is 0.282. The van der Waals surface area contributed by atoms with Gasteiger partial charge >= 0.3 is 0 Å². The highest BCUT2D eigenvalue weighted by Gasteiger charge is 2.12. The molecule has 0 N–H and O–H groups in total. The lowest BCUT2D eigenvalue weighted by molar-refractivity contribution is -0.131. The minimum absolute atomic E-state index is 0.282. The van der Waals surface area contributed by atoms with Crippen LogP contribution in [0.5, 0.6) is 0 Å².